The average molecular weight is 178 g/mol. The van der Waals surface area contributed by atoms with Gasteiger partial charge in [0.25, 0.3) is 0 Å². The van der Waals surface area contributed by atoms with Gasteiger partial charge in [-0.05, 0) is 11.6 Å². The third-order valence-electron chi connectivity index (χ3n) is 2.12. The van der Waals surface area contributed by atoms with Crippen molar-refractivity contribution in [1.82, 2.24) is 4.98 Å². The molecule has 3 nitrogen and oxygen atoms in total. The summed E-state index contributed by atoms with van der Waals surface area (Å²) in [4.78, 5) is 3.25. The Hall–Kier alpha value is -1.32. The number of nitrogens with one attached hydrogen (secondary N) is 1. The fourth-order valence-electron chi connectivity index (χ4n) is 1.53. The SMILES string of the molecule is [NH3+]CCc1c[nH]c2ccccc12.[OH-]. The normalized spacial score (nSPS) is 9.92. The number of quaternary nitrogens is 1. The molecule has 0 aliphatic carbocycles. The van der Waals surface area contributed by atoms with Gasteiger partial charge in [-0.15, -0.1) is 0 Å². The average Bonchev–Trinajstić information content (AvgIpc) is 2.50. The van der Waals surface area contributed by atoms with Crippen LogP contribution in [0.5, 0.6) is 0 Å². The minimum absolute atomic E-state index is 0. The highest BCUT2D eigenvalue weighted by atomic mass is 16.0. The summed E-state index contributed by atoms with van der Waals surface area (Å²) in [7, 11) is 0. The van der Waals surface area contributed by atoms with Gasteiger partial charge in [-0.1, -0.05) is 18.2 Å². The molecule has 0 unspecified atom stereocenters. The van der Waals surface area contributed by atoms with Gasteiger partial charge in [0, 0.05) is 23.5 Å². The van der Waals surface area contributed by atoms with E-state index in [4.69, 9.17) is 0 Å². The number of benzene rings is 1. The summed E-state index contributed by atoms with van der Waals surface area (Å²) in [6.07, 6.45) is 3.14. The molecule has 0 saturated heterocycles. The zero-order valence-corrected chi connectivity index (χ0v) is 7.46. The van der Waals surface area contributed by atoms with E-state index in [-0.39, 0.29) is 5.48 Å². The predicted molar refractivity (Wildman–Crippen MR) is 51.7 cm³/mol. The summed E-state index contributed by atoms with van der Waals surface area (Å²) < 4.78 is 0. The number of hydrogen-bond donors (Lipinski definition) is 2. The first-order chi connectivity index (χ1) is 5.92. The summed E-state index contributed by atoms with van der Waals surface area (Å²) >= 11 is 0. The van der Waals surface area contributed by atoms with Crippen molar-refractivity contribution in [2.24, 2.45) is 0 Å². The molecule has 0 atom stereocenters. The number of H-pyrrole nitrogens is 1. The molecule has 0 fully saturated rings. The van der Waals surface area contributed by atoms with E-state index in [0.29, 0.717) is 0 Å². The molecule has 0 aliphatic rings. The molecule has 70 valence electrons. The second-order valence-electron chi connectivity index (χ2n) is 2.96. The molecule has 0 radical (unpaired) electrons. The van der Waals surface area contributed by atoms with Gasteiger partial charge in [-0.3, -0.25) is 0 Å². The first-order valence-corrected chi connectivity index (χ1v) is 4.26. The molecule has 0 amide bonds. The lowest BCUT2D eigenvalue weighted by atomic mass is 10.1. The van der Waals surface area contributed by atoms with Crippen LogP contribution in [0.4, 0.5) is 0 Å². The van der Waals surface area contributed by atoms with Crippen molar-refractivity contribution in [3.63, 3.8) is 0 Å². The van der Waals surface area contributed by atoms with Crippen LogP contribution < -0.4 is 5.73 Å². The number of aromatic nitrogens is 1. The minimum Gasteiger partial charge on any atom is -0.870 e. The second kappa shape index (κ2) is 4.07. The fraction of sp³-hybridized carbons (Fsp3) is 0.200. The predicted octanol–water partition coefficient (Wildman–Crippen LogP) is 0.776. The molecule has 1 aromatic heterocycles. The molecule has 13 heavy (non-hydrogen) atoms. The number of aromatic amines is 1. The third-order valence-corrected chi connectivity index (χ3v) is 2.12. The smallest absolute Gasteiger partial charge is 0.0781 e. The Morgan fingerprint density at radius 2 is 2.00 bits per heavy atom. The molecule has 1 aromatic carbocycles. The molecule has 5 N–H and O–H groups in total. The Bertz CT molecular complexity index is 381. The van der Waals surface area contributed by atoms with E-state index in [9.17, 15) is 0 Å². The lowest BCUT2D eigenvalue weighted by Gasteiger charge is -1.92. The molecule has 0 saturated carbocycles. The van der Waals surface area contributed by atoms with Gasteiger partial charge in [-0.2, -0.15) is 0 Å². The topological polar surface area (TPSA) is 73.4 Å². The molecule has 0 aliphatic heterocycles. The van der Waals surface area contributed by atoms with Crippen LogP contribution in [0.2, 0.25) is 0 Å². The van der Waals surface area contributed by atoms with Gasteiger partial charge in [-0.25, -0.2) is 0 Å². The third kappa shape index (κ3) is 1.71. The van der Waals surface area contributed by atoms with Gasteiger partial charge >= 0.3 is 0 Å². The summed E-state index contributed by atoms with van der Waals surface area (Å²) in [5, 5.41) is 1.33. The summed E-state index contributed by atoms with van der Waals surface area (Å²) in [5.74, 6) is 0. The Labute approximate surface area is 76.9 Å². The highest BCUT2D eigenvalue weighted by molar-refractivity contribution is 5.82. The zero-order chi connectivity index (χ0) is 8.39. The Kier molecular flexibility index (Phi) is 3.06. The standard InChI is InChI=1S/C10H12N2.H2O/c11-6-5-8-7-12-10-4-2-1-3-9(8)10;/h1-4,7,12H,5-6,11H2;1H2. The van der Waals surface area contributed by atoms with Crippen LogP contribution in [0.1, 0.15) is 5.56 Å². The van der Waals surface area contributed by atoms with Crippen molar-refractivity contribution in [2.75, 3.05) is 6.54 Å². The fourth-order valence-corrected chi connectivity index (χ4v) is 1.53. The van der Waals surface area contributed by atoms with E-state index < -0.39 is 0 Å². The summed E-state index contributed by atoms with van der Waals surface area (Å²) in [5.41, 5.74) is 6.45. The van der Waals surface area contributed by atoms with Crippen molar-refractivity contribution in [3.05, 3.63) is 36.0 Å². The molecule has 0 spiro atoms. The monoisotopic (exact) mass is 178 g/mol. The van der Waals surface area contributed by atoms with E-state index in [2.05, 4.69) is 35.1 Å². The Morgan fingerprint density at radius 3 is 2.77 bits per heavy atom. The number of para-hydroxylation sites is 1. The molecule has 3 heteroatoms. The van der Waals surface area contributed by atoms with Gasteiger partial charge in [0.1, 0.15) is 0 Å². The van der Waals surface area contributed by atoms with Gasteiger partial charge in [0.15, 0.2) is 0 Å². The van der Waals surface area contributed by atoms with E-state index >= 15 is 0 Å². The highest BCUT2D eigenvalue weighted by Crippen LogP contribution is 2.17. The van der Waals surface area contributed by atoms with Crippen LogP contribution in [0.15, 0.2) is 30.5 Å². The van der Waals surface area contributed by atoms with E-state index in [0.717, 1.165) is 13.0 Å². The zero-order valence-electron chi connectivity index (χ0n) is 7.46. The first kappa shape index (κ1) is 9.77. The maximum absolute atomic E-state index is 3.85. The molecule has 2 aromatic rings. The van der Waals surface area contributed by atoms with Crippen molar-refractivity contribution in [3.8, 4) is 0 Å². The maximum atomic E-state index is 3.85. The molecular weight excluding hydrogens is 164 g/mol. The summed E-state index contributed by atoms with van der Waals surface area (Å²) in [6, 6.07) is 8.37. The van der Waals surface area contributed by atoms with Crippen molar-refractivity contribution >= 4 is 10.9 Å². The van der Waals surface area contributed by atoms with E-state index in [1.165, 1.54) is 16.5 Å². The van der Waals surface area contributed by atoms with Gasteiger partial charge < -0.3 is 16.2 Å². The lowest BCUT2D eigenvalue weighted by Crippen LogP contribution is -2.51. The van der Waals surface area contributed by atoms with Crippen LogP contribution in [0.3, 0.4) is 0 Å². The van der Waals surface area contributed by atoms with Gasteiger partial charge in [0.05, 0.1) is 6.54 Å². The minimum atomic E-state index is 0. The van der Waals surface area contributed by atoms with E-state index in [1.54, 1.807) is 0 Å². The van der Waals surface area contributed by atoms with Crippen LogP contribution in [-0.2, 0) is 6.42 Å². The van der Waals surface area contributed by atoms with Gasteiger partial charge in [0.2, 0.25) is 0 Å². The maximum Gasteiger partial charge on any atom is 0.0781 e. The number of hydrogen-bond acceptors (Lipinski definition) is 1. The lowest BCUT2D eigenvalue weighted by molar-refractivity contribution is -0.366. The van der Waals surface area contributed by atoms with Crippen LogP contribution in [0, 0.1) is 0 Å². The van der Waals surface area contributed by atoms with Crippen LogP contribution in [-0.4, -0.2) is 17.0 Å². The highest BCUT2D eigenvalue weighted by Gasteiger charge is 2.00. The Morgan fingerprint density at radius 1 is 1.23 bits per heavy atom. The van der Waals surface area contributed by atoms with Crippen molar-refractivity contribution in [1.29, 1.82) is 0 Å². The Balaban J connectivity index is 0.000000845. The van der Waals surface area contributed by atoms with Crippen LogP contribution >= 0.6 is 0 Å². The second-order valence-corrected chi connectivity index (χ2v) is 2.96. The summed E-state index contributed by atoms with van der Waals surface area (Å²) in [6.45, 7) is 0.960. The van der Waals surface area contributed by atoms with Crippen LogP contribution in [0.25, 0.3) is 10.9 Å². The molecule has 0 bridgehead atoms. The van der Waals surface area contributed by atoms with E-state index in [1.807, 2.05) is 6.07 Å². The van der Waals surface area contributed by atoms with Crippen molar-refractivity contribution in [2.45, 2.75) is 6.42 Å². The quantitative estimate of drug-likeness (QED) is 0.700. The number of fused-ring (bicyclic) bond motifs is 1. The largest absolute Gasteiger partial charge is 0.870 e. The molecular formula is C10H14N2O. The molecule has 1 heterocycles. The van der Waals surface area contributed by atoms with Crippen molar-refractivity contribution < 1.29 is 11.2 Å². The molecule has 2 rings (SSSR count). The first-order valence-electron chi connectivity index (χ1n) is 4.26. The number of rotatable bonds is 2.